The van der Waals surface area contributed by atoms with Crippen LogP contribution in [-0.4, -0.2) is 33.8 Å². The van der Waals surface area contributed by atoms with E-state index in [1.807, 2.05) is 24.3 Å². The highest BCUT2D eigenvalue weighted by molar-refractivity contribution is 9.10. The van der Waals surface area contributed by atoms with E-state index in [1.165, 1.54) is 7.11 Å². The maximum atomic E-state index is 12.4. The lowest BCUT2D eigenvalue weighted by molar-refractivity contribution is -0.155. The predicted molar refractivity (Wildman–Crippen MR) is 92.5 cm³/mol. The first kappa shape index (κ1) is 18.4. The number of nitrogens with one attached hydrogen (secondary N) is 1. The Labute approximate surface area is 146 Å². The lowest BCUT2D eigenvalue weighted by atomic mass is 9.69. The zero-order chi connectivity index (χ0) is 17.1. The molecule has 0 aliphatic heterocycles. The molecule has 0 spiro atoms. The van der Waals surface area contributed by atoms with Crippen molar-refractivity contribution in [1.29, 1.82) is 0 Å². The molecule has 128 valence electrons. The second kappa shape index (κ2) is 7.32. The third-order valence-corrected chi connectivity index (χ3v) is 5.63. The van der Waals surface area contributed by atoms with Gasteiger partial charge >= 0.3 is 5.97 Å². The van der Waals surface area contributed by atoms with E-state index < -0.39 is 15.4 Å². The van der Waals surface area contributed by atoms with Crippen LogP contribution in [0.5, 0.6) is 0 Å². The Morgan fingerprint density at radius 2 is 2.04 bits per heavy atom. The highest BCUT2D eigenvalue weighted by Crippen LogP contribution is 2.41. The average molecular weight is 404 g/mol. The number of hydrogen-bond acceptors (Lipinski definition) is 4. The van der Waals surface area contributed by atoms with Crippen LogP contribution in [-0.2, 0) is 26.0 Å². The Bertz CT molecular complexity index is 666. The minimum atomic E-state index is -3.22. The summed E-state index contributed by atoms with van der Waals surface area (Å²) in [4.78, 5) is 12.4. The summed E-state index contributed by atoms with van der Waals surface area (Å²) >= 11 is 3.45. The third kappa shape index (κ3) is 5.02. The highest BCUT2D eigenvalue weighted by atomic mass is 79.9. The van der Waals surface area contributed by atoms with Gasteiger partial charge in [0.15, 0.2) is 0 Å². The van der Waals surface area contributed by atoms with Crippen molar-refractivity contribution in [2.45, 2.75) is 38.1 Å². The van der Waals surface area contributed by atoms with Crippen molar-refractivity contribution >= 4 is 31.9 Å². The first-order valence-electron chi connectivity index (χ1n) is 7.54. The van der Waals surface area contributed by atoms with Crippen LogP contribution in [0.4, 0.5) is 0 Å². The lowest BCUT2D eigenvalue weighted by Crippen LogP contribution is -2.44. The van der Waals surface area contributed by atoms with Crippen molar-refractivity contribution in [2.24, 2.45) is 5.41 Å². The number of hydrogen-bond donors (Lipinski definition) is 1. The summed E-state index contributed by atoms with van der Waals surface area (Å²) in [6.45, 7) is 0. The van der Waals surface area contributed by atoms with Gasteiger partial charge in [0.2, 0.25) is 10.0 Å². The van der Waals surface area contributed by atoms with Crippen LogP contribution in [0.1, 0.15) is 31.2 Å². The van der Waals surface area contributed by atoms with Gasteiger partial charge in [-0.05, 0) is 49.8 Å². The van der Waals surface area contributed by atoms with E-state index in [9.17, 15) is 13.2 Å². The summed E-state index contributed by atoms with van der Waals surface area (Å²) in [5.41, 5.74) is 0.491. The molecule has 0 saturated heterocycles. The van der Waals surface area contributed by atoms with Crippen molar-refractivity contribution in [3.63, 3.8) is 0 Å². The molecule has 1 saturated carbocycles. The summed E-state index contributed by atoms with van der Waals surface area (Å²) in [5.74, 6) is -0.213. The van der Waals surface area contributed by atoms with E-state index in [-0.39, 0.29) is 12.0 Å². The van der Waals surface area contributed by atoms with E-state index in [0.29, 0.717) is 32.1 Å². The quantitative estimate of drug-likeness (QED) is 0.766. The average Bonchev–Trinajstić information content (AvgIpc) is 2.47. The molecule has 1 aromatic carbocycles. The van der Waals surface area contributed by atoms with Crippen LogP contribution < -0.4 is 4.72 Å². The molecule has 0 radical (unpaired) electrons. The molecule has 7 heteroatoms. The zero-order valence-electron chi connectivity index (χ0n) is 13.3. The Hall–Kier alpha value is -0.920. The number of rotatable bonds is 5. The van der Waals surface area contributed by atoms with Gasteiger partial charge in [-0.15, -0.1) is 0 Å². The second-order valence-electron chi connectivity index (χ2n) is 6.24. The Morgan fingerprint density at radius 3 is 2.57 bits per heavy atom. The van der Waals surface area contributed by atoms with Crippen molar-refractivity contribution in [1.82, 2.24) is 4.72 Å². The largest absolute Gasteiger partial charge is 0.469 e. The minimum Gasteiger partial charge on any atom is -0.469 e. The van der Waals surface area contributed by atoms with Gasteiger partial charge in [-0.3, -0.25) is 4.79 Å². The molecule has 5 nitrogen and oxygen atoms in total. The number of benzene rings is 1. The monoisotopic (exact) mass is 403 g/mol. The van der Waals surface area contributed by atoms with E-state index in [1.54, 1.807) is 0 Å². The molecule has 2 rings (SSSR count). The SMILES string of the molecule is COC(=O)C1(Cc2cccc(Br)c2)CCC(NS(C)(=O)=O)CC1. The van der Waals surface area contributed by atoms with E-state index in [0.717, 1.165) is 16.3 Å². The maximum absolute atomic E-state index is 12.4. The molecule has 0 bridgehead atoms. The molecule has 23 heavy (non-hydrogen) atoms. The topological polar surface area (TPSA) is 72.5 Å². The number of carbonyl (C=O) groups is 1. The lowest BCUT2D eigenvalue weighted by Gasteiger charge is -2.38. The van der Waals surface area contributed by atoms with Crippen LogP contribution in [0.3, 0.4) is 0 Å². The molecule has 1 fully saturated rings. The molecule has 0 amide bonds. The standard InChI is InChI=1S/C16H22BrNO4S/c1-22-15(19)16(11-12-4-3-5-13(17)10-12)8-6-14(7-9-16)18-23(2,20)21/h3-5,10,14,18H,6-9,11H2,1-2H3. The number of esters is 1. The summed E-state index contributed by atoms with van der Waals surface area (Å²) in [6.07, 6.45) is 4.26. The van der Waals surface area contributed by atoms with Gasteiger partial charge in [0, 0.05) is 10.5 Å². The van der Waals surface area contributed by atoms with Crippen molar-refractivity contribution in [2.75, 3.05) is 13.4 Å². The fraction of sp³-hybridized carbons (Fsp3) is 0.562. The molecule has 1 aliphatic carbocycles. The number of carbonyl (C=O) groups excluding carboxylic acids is 1. The fourth-order valence-corrected chi connectivity index (χ4v) is 4.59. The number of sulfonamides is 1. The molecular formula is C16H22BrNO4S. The van der Waals surface area contributed by atoms with Crippen molar-refractivity contribution in [3.05, 3.63) is 34.3 Å². The van der Waals surface area contributed by atoms with Crippen molar-refractivity contribution < 1.29 is 17.9 Å². The Morgan fingerprint density at radius 1 is 1.39 bits per heavy atom. The smallest absolute Gasteiger partial charge is 0.312 e. The Balaban J connectivity index is 2.14. The fourth-order valence-electron chi connectivity index (χ4n) is 3.30. The molecule has 0 unspecified atom stereocenters. The number of halogens is 1. The van der Waals surface area contributed by atoms with Gasteiger partial charge in [-0.2, -0.15) is 0 Å². The van der Waals surface area contributed by atoms with Crippen LogP contribution in [0, 0.1) is 5.41 Å². The summed E-state index contributed by atoms with van der Waals surface area (Å²) in [6, 6.07) is 7.79. The van der Waals surface area contributed by atoms with Crippen LogP contribution in [0.15, 0.2) is 28.7 Å². The first-order valence-corrected chi connectivity index (χ1v) is 10.2. The maximum Gasteiger partial charge on any atom is 0.312 e. The van der Waals surface area contributed by atoms with Gasteiger partial charge in [0.05, 0.1) is 18.8 Å². The van der Waals surface area contributed by atoms with Crippen LogP contribution in [0.25, 0.3) is 0 Å². The molecule has 0 aromatic heterocycles. The third-order valence-electron chi connectivity index (χ3n) is 4.37. The normalized spacial score (nSPS) is 25.1. The summed E-state index contributed by atoms with van der Waals surface area (Å²) < 4.78 is 31.4. The van der Waals surface area contributed by atoms with Crippen LogP contribution >= 0.6 is 15.9 Å². The van der Waals surface area contributed by atoms with E-state index in [2.05, 4.69) is 20.7 Å². The number of methoxy groups -OCH3 is 1. The molecule has 0 heterocycles. The highest BCUT2D eigenvalue weighted by Gasteiger charge is 2.43. The molecular weight excluding hydrogens is 382 g/mol. The zero-order valence-corrected chi connectivity index (χ0v) is 15.7. The predicted octanol–water partition coefficient (Wildman–Crippen LogP) is 2.64. The van der Waals surface area contributed by atoms with Gasteiger partial charge in [0.25, 0.3) is 0 Å². The van der Waals surface area contributed by atoms with Gasteiger partial charge < -0.3 is 4.74 Å². The van der Waals surface area contributed by atoms with Gasteiger partial charge in [-0.1, -0.05) is 28.1 Å². The molecule has 0 atom stereocenters. The molecule has 1 N–H and O–H groups in total. The summed E-state index contributed by atoms with van der Waals surface area (Å²) in [7, 11) is -1.82. The summed E-state index contributed by atoms with van der Waals surface area (Å²) in [5, 5.41) is 0. The van der Waals surface area contributed by atoms with Gasteiger partial charge in [0.1, 0.15) is 0 Å². The Kier molecular flexibility index (Phi) is 5.86. The van der Waals surface area contributed by atoms with E-state index in [4.69, 9.17) is 4.74 Å². The molecule has 1 aromatic rings. The van der Waals surface area contributed by atoms with Crippen molar-refractivity contribution in [3.8, 4) is 0 Å². The first-order chi connectivity index (χ1) is 10.7. The minimum absolute atomic E-state index is 0.106. The molecule has 1 aliphatic rings. The van der Waals surface area contributed by atoms with Crippen LogP contribution in [0.2, 0.25) is 0 Å². The second-order valence-corrected chi connectivity index (χ2v) is 8.94. The van der Waals surface area contributed by atoms with E-state index >= 15 is 0 Å². The van der Waals surface area contributed by atoms with Gasteiger partial charge in [-0.25, -0.2) is 13.1 Å². The number of ether oxygens (including phenoxy) is 1.